The molecule has 3 heteroatoms. The van der Waals surface area contributed by atoms with Crippen molar-refractivity contribution in [2.24, 2.45) is 28.6 Å². The molecule has 4 rings (SSSR count). The molecular formula is C30H44O3. The number of esters is 1. The first-order chi connectivity index (χ1) is 15.9. The maximum Gasteiger partial charge on any atom is 0.306 e. The third-order valence-corrected chi connectivity index (χ3v) is 9.78. The highest BCUT2D eigenvalue weighted by Gasteiger charge is 2.59. The predicted octanol–water partition coefficient (Wildman–Crippen LogP) is 7.51. The Morgan fingerprint density at radius 2 is 1.82 bits per heavy atom. The van der Waals surface area contributed by atoms with E-state index in [1.165, 1.54) is 50.5 Å². The van der Waals surface area contributed by atoms with Crippen LogP contribution in [-0.4, -0.2) is 17.9 Å². The Bertz CT molecular complexity index is 807. The van der Waals surface area contributed by atoms with E-state index < -0.39 is 0 Å². The average molecular weight is 453 g/mol. The summed E-state index contributed by atoms with van der Waals surface area (Å²) in [6.45, 7) is 8.53. The second-order valence-corrected chi connectivity index (χ2v) is 11.7. The second-order valence-electron chi connectivity index (χ2n) is 11.7. The minimum absolute atomic E-state index is 0.0187. The first-order valence-electron chi connectivity index (χ1n) is 13.6. The maximum atomic E-state index is 12.7. The van der Waals surface area contributed by atoms with Crippen LogP contribution in [0.5, 0.6) is 0 Å². The average Bonchev–Trinajstić information content (AvgIpc) is 3.12. The van der Waals surface area contributed by atoms with Crippen LogP contribution >= 0.6 is 0 Å². The predicted molar refractivity (Wildman–Crippen MR) is 134 cm³/mol. The lowest BCUT2D eigenvalue weighted by Gasteiger charge is -2.56. The van der Waals surface area contributed by atoms with E-state index in [1.807, 2.05) is 12.2 Å². The Hall–Kier alpha value is -1.64. The summed E-state index contributed by atoms with van der Waals surface area (Å²) in [5.74, 6) is 2.09. The summed E-state index contributed by atoms with van der Waals surface area (Å²) >= 11 is 0. The van der Waals surface area contributed by atoms with E-state index in [9.17, 15) is 9.59 Å². The molecule has 0 aromatic carbocycles. The number of allylic oxidation sites excluding steroid dienone is 5. The first kappa shape index (κ1) is 24.5. The van der Waals surface area contributed by atoms with Crippen molar-refractivity contribution in [3.63, 3.8) is 0 Å². The summed E-state index contributed by atoms with van der Waals surface area (Å²) in [7, 11) is 0. The number of fused-ring (bicyclic) bond motifs is 5. The highest BCUT2D eigenvalue weighted by Crippen LogP contribution is 2.64. The molecule has 3 fully saturated rings. The van der Waals surface area contributed by atoms with Crippen molar-refractivity contribution in [3.05, 3.63) is 36.5 Å². The summed E-state index contributed by atoms with van der Waals surface area (Å²) in [5, 5.41) is 0. The zero-order valence-electron chi connectivity index (χ0n) is 21.0. The Labute approximate surface area is 201 Å². The summed E-state index contributed by atoms with van der Waals surface area (Å²) < 4.78 is 6.15. The Morgan fingerprint density at radius 1 is 1.06 bits per heavy atom. The normalized spacial score (nSPS) is 37.0. The lowest BCUT2D eigenvalue weighted by atomic mass is 9.48. The molecule has 0 aromatic heterocycles. The van der Waals surface area contributed by atoms with E-state index in [4.69, 9.17) is 4.74 Å². The molecule has 0 bridgehead atoms. The summed E-state index contributed by atoms with van der Waals surface area (Å²) in [5.41, 5.74) is 1.51. The van der Waals surface area contributed by atoms with Gasteiger partial charge in [-0.05, 0) is 87.7 Å². The van der Waals surface area contributed by atoms with Gasteiger partial charge in [-0.3, -0.25) is 9.59 Å². The molecular weight excluding hydrogens is 408 g/mol. The van der Waals surface area contributed by atoms with Crippen LogP contribution in [0.15, 0.2) is 36.5 Å². The quantitative estimate of drug-likeness (QED) is 0.196. The highest BCUT2D eigenvalue weighted by atomic mass is 16.5. The lowest BCUT2D eigenvalue weighted by Crippen LogP contribution is -2.51. The molecule has 6 atom stereocenters. The van der Waals surface area contributed by atoms with Crippen molar-refractivity contribution in [3.8, 4) is 0 Å². The molecule has 33 heavy (non-hydrogen) atoms. The largest absolute Gasteiger partial charge is 0.462 e. The molecule has 3 saturated carbocycles. The van der Waals surface area contributed by atoms with E-state index in [1.54, 1.807) is 6.08 Å². The molecule has 0 radical (unpaired) electrons. The minimum atomic E-state index is 0.0187. The molecule has 0 saturated heterocycles. The fourth-order valence-corrected chi connectivity index (χ4v) is 7.83. The van der Waals surface area contributed by atoms with E-state index in [-0.39, 0.29) is 28.7 Å². The number of unbranched alkanes of at least 4 members (excludes halogenated alkanes) is 6. The molecule has 182 valence electrons. The number of carbonyl (C=O) groups is 2. The molecule has 0 N–H and O–H groups in total. The van der Waals surface area contributed by atoms with Crippen LogP contribution in [-0.2, 0) is 14.3 Å². The van der Waals surface area contributed by atoms with E-state index in [0.29, 0.717) is 24.2 Å². The van der Waals surface area contributed by atoms with Crippen molar-refractivity contribution >= 4 is 11.8 Å². The highest BCUT2D eigenvalue weighted by molar-refractivity contribution is 6.01. The topological polar surface area (TPSA) is 43.4 Å². The molecule has 3 nitrogen and oxygen atoms in total. The van der Waals surface area contributed by atoms with Gasteiger partial charge in [0, 0.05) is 17.3 Å². The number of ether oxygens (including phenoxy) is 1. The second kappa shape index (κ2) is 10.3. The summed E-state index contributed by atoms with van der Waals surface area (Å²) in [6, 6.07) is 0. The van der Waals surface area contributed by atoms with Gasteiger partial charge in [-0.25, -0.2) is 0 Å². The maximum absolute atomic E-state index is 12.7. The molecule has 4 aliphatic carbocycles. The number of ketones is 1. The smallest absolute Gasteiger partial charge is 0.306 e. The van der Waals surface area contributed by atoms with Crippen LogP contribution in [0.3, 0.4) is 0 Å². The Balaban J connectivity index is 1.28. The minimum Gasteiger partial charge on any atom is -0.462 e. The van der Waals surface area contributed by atoms with Gasteiger partial charge in [-0.1, -0.05) is 57.3 Å². The third kappa shape index (κ3) is 4.93. The van der Waals surface area contributed by atoms with Gasteiger partial charge < -0.3 is 4.74 Å². The van der Waals surface area contributed by atoms with Crippen LogP contribution in [0.1, 0.15) is 104 Å². The van der Waals surface area contributed by atoms with Crippen molar-refractivity contribution < 1.29 is 14.3 Å². The van der Waals surface area contributed by atoms with Gasteiger partial charge in [0.1, 0.15) is 6.10 Å². The Kier molecular flexibility index (Phi) is 7.66. The van der Waals surface area contributed by atoms with Crippen molar-refractivity contribution in [1.82, 2.24) is 0 Å². The summed E-state index contributed by atoms with van der Waals surface area (Å²) in [4.78, 5) is 24.6. The monoisotopic (exact) mass is 452 g/mol. The molecule has 0 amide bonds. The number of hydrogen-bond acceptors (Lipinski definition) is 3. The number of hydrogen-bond donors (Lipinski definition) is 0. The van der Waals surface area contributed by atoms with Crippen LogP contribution < -0.4 is 0 Å². The lowest BCUT2D eigenvalue weighted by molar-refractivity contribution is -0.159. The van der Waals surface area contributed by atoms with Gasteiger partial charge in [0.05, 0.1) is 0 Å². The van der Waals surface area contributed by atoms with Crippen LogP contribution in [0.4, 0.5) is 0 Å². The first-order valence-corrected chi connectivity index (χ1v) is 13.6. The van der Waals surface area contributed by atoms with Gasteiger partial charge in [0.25, 0.3) is 0 Å². The van der Waals surface area contributed by atoms with Crippen LogP contribution in [0.25, 0.3) is 0 Å². The van der Waals surface area contributed by atoms with Crippen molar-refractivity contribution in [2.75, 3.05) is 0 Å². The molecule has 0 aliphatic heterocycles. The van der Waals surface area contributed by atoms with Crippen molar-refractivity contribution in [2.45, 2.75) is 110 Å². The van der Waals surface area contributed by atoms with Gasteiger partial charge in [0.2, 0.25) is 0 Å². The molecule has 3 unspecified atom stereocenters. The van der Waals surface area contributed by atoms with E-state index in [2.05, 4.69) is 26.5 Å². The Morgan fingerprint density at radius 3 is 2.61 bits per heavy atom. The molecule has 0 heterocycles. The number of carbonyl (C=O) groups excluding carboxylic acids is 2. The van der Waals surface area contributed by atoms with Gasteiger partial charge in [-0.2, -0.15) is 0 Å². The fourth-order valence-electron chi connectivity index (χ4n) is 7.83. The number of rotatable bonds is 10. The zero-order valence-corrected chi connectivity index (χ0v) is 21.0. The van der Waals surface area contributed by atoms with E-state index in [0.717, 1.165) is 38.5 Å². The third-order valence-electron chi connectivity index (χ3n) is 9.78. The zero-order chi connectivity index (χ0) is 23.5. The molecule has 0 spiro atoms. The van der Waals surface area contributed by atoms with Gasteiger partial charge in [-0.15, -0.1) is 6.58 Å². The van der Waals surface area contributed by atoms with Gasteiger partial charge >= 0.3 is 5.97 Å². The molecule has 0 aromatic rings. The molecule has 4 aliphatic rings. The van der Waals surface area contributed by atoms with Gasteiger partial charge in [0.15, 0.2) is 5.78 Å². The van der Waals surface area contributed by atoms with E-state index >= 15 is 0 Å². The fraction of sp³-hybridized carbons (Fsp3) is 0.733. The van der Waals surface area contributed by atoms with Crippen molar-refractivity contribution in [1.29, 1.82) is 0 Å². The summed E-state index contributed by atoms with van der Waals surface area (Å²) in [6.07, 6.45) is 23.4. The van der Waals surface area contributed by atoms with Crippen LogP contribution in [0.2, 0.25) is 0 Å². The standard InChI is InChI=1S/C30H44O3/c1-4-5-6-7-8-9-10-11-12-28(32)33-27-16-15-25-24-14-13-22-21-23(31)17-19-29(22,2)26(24)18-20-30(25,27)3/h4,17,19,21,24-27H,1,5-16,18,20H2,2-3H3/t24?,25-,26+,27-,29?,30?/m1/s1. The SMILES string of the molecule is C=CCCCCCCCCC(=O)O[C@@H]1CC[C@@H]2C3CCC4=CC(=O)C=CC4(C)[C@H]3CCC21C. The van der Waals surface area contributed by atoms with Crippen LogP contribution in [0, 0.1) is 28.6 Å².